The molecule has 1 aliphatic heterocycles. The van der Waals surface area contributed by atoms with Crippen LogP contribution in [0.5, 0.6) is 0 Å². The van der Waals surface area contributed by atoms with Crippen molar-refractivity contribution in [3.63, 3.8) is 0 Å². The Kier molecular flexibility index (Phi) is 4.19. The van der Waals surface area contributed by atoms with E-state index in [0.29, 0.717) is 25.4 Å². The zero-order chi connectivity index (χ0) is 13.8. The number of ether oxygens (including phenoxy) is 1. The van der Waals surface area contributed by atoms with Gasteiger partial charge in [0.05, 0.1) is 18.2 Å². The number of oxazole rings is 1. The molecule has 0 radical (unpaired) electrons. The molecule has 0 N–H and O–H groups in total. The quantitative estimate of drug-likeness (QED) is 0.773. The highest BCUT2D eigenvalue weighted by Crippen LogP contribution is 2.20. The van der Waals surface area contributed by atoms with Gasteiger partial charge >= 0.3 is 5.97 Å². The van der Waals surface area contributed by atoms with Gasteiger partial charge in [0.1, 0.15) is 0 Å². The molecule has 0 aromatic carbocycles. The molecule has 1 fully saturated rings. The van der Waals surface area contributed by atoms with Gasteiger partial charge in [-0.3, -0.25) is 9.59 Å². The number of rotatable bonds is 3. The third-order valence-electron chi connectivity index (χ3n) is 3.27. The number of carbonyl (C=O) groups excluding carboxylic acids is 2. The lowest BCUT2D eigenvalue weighted by Crippen LogP contribution is -2.42. The van der Waals surface area contributed by atoms with E-state index in [9.17, 15) is 9.59 Å². The lowest BCUT2D eigenvalue weighted by Gasteiger charge is -2.30. The Bertz CT molecular complexity index is 469. The molecule has 104 valence electrons. The highest BCUT2D eigenvalue weighted by Gasteiger charge is 2.31. The van der Waals surface area contributed by atoms with Crippen LogP contribution in [0.2, 0.25) is 0 Å². The maximum atomic E-state index is 12.2. The fourth-order valence-corrected chi connectivity index (χ4v) is 2.26. The number of piperidine rings is 1. The minimum Gasteiger partial charge on any atom is -0.466 e. The number of carbonyl (C=O) groups is 2. The second-order valence-electron chi connectivity index (χ2n) is 4.61. The van der Waals surface area contributed by atoms with Crippen LogP contribution in [0, 0.1) is 12.8 Å². The number of likely N-dealkylation sites (tertiary alicyclic amines) is 1. The molecule has 0 saturated carbocycles. The third kappa shape index (κ3) is 2.94. The maximum absolute atomic E-state index is 12.2. The van der Waals surface area contributed by atoms with E-state index in [-0.39, 0.29) is 23.6 Å². The average Bonchev–Trinajstić information content (AvgIpc) is 2.84. The van der Waals surface area contributed by atoms with Crippen molar-refractivity contribution < 1.29 is 18.7 Å². The molecule has 0 spiro atoms. The topological polar surface area (TPSA) is 72.6 Å². The van der Waals surface area contributed by atoms with Gasteiger partial charge in [0, 0.05) is 13.1 Å². The summed E-state index contributed by atoms with van der Waals surface area (Å²) in [4.78, 5) is 29.5. The van der Waals surface area contributed by atoms with E-state index in [2.05, 4.69) is 4.98 Å². The van der Waals surface area contributed by atoms with Gasteiger partial charge in [0.15, 0.2) is 6.39 Å². The van der Waals surface area contributed by atoms with E-state index < -0.39 is 0 Å². The molecule has 1 aliphatic rings. The van der Waals surface area contributed by atoms with Crippen molar-refractivity contribution in [2.75, 3.05) is 19.7 Å². The first-order valence-corrected chi connectivity index (χ1v) is 6.49. The lowest BCUT2D eigenvalue weighted by atomic mass is 9.98. The number of aromatic nitrogens is 1. The third-order valence-corrected chi connectivity index (χ3v) is 3.27. The molecule has 6 nitrogen and oxygen atoms in total. The molecular weight excluding hydrogens is 248 g/mol. The zero-order valence-electron chi connectivity index (χ0n) is 11.2. The van der Waals surface area contributed by atoms with Gasteiger partial charge in [0.2, 0.25) is 5.76 Å². The summed E-state index contributed by atoms with van der Waals surface area (Å²) in [6.07, 6.45) is 2.82. The van der Waals surface area contributed by atoms with Crippen molar-refractivity contribution in [2.24, 2.45) is 5.92 Å². The van der Waals surface area contributed by atoms with Crippen LogP contribution in [0.1, 0.15) is 36.0 Å². The molecule has 19 heavy (non-hydrogen) atoms. The fourth-order valence-electron chi connectivity index (χ4n) is 2.26. The molecule has 0 aliphatic carbocycles. The molecular formula is C13H18N2O4. The molecule has 0 unspecified atom stereocenters. The zero-order valence-corrected chi connectivity index (χ0v) is 11.2. The Labute approximate surface area is 111 Å². The highest BCUT2D eigenvalue weighted by atomic mass is 16.5. The van der Waals surface area contributed by atoms with Crippen molar-refractivity contribution in [2.45, 2.75) is 26.7 Å². The number of hydrogen-bond acceptors (Lipinski definition) is 5. The monoisotopic (exact) mass is 266 g/mol. The van der Waals surface area contributed by atoms with Crippen LogP contribution in [0.25, 0.3) is 0 Å². The Morgan fingerprint density at radius 1 is 1.58 bits per heavy atom. The van der Waals surface area contributed by atoms with Crippen molar-refractivity contribution in [3.05, 3.63) is 17.8 Å². The van der Waals surface area contributed by atoms with Crippen LogP contribution < -0.4 is 0 Å². The highest BCUT2D eigenvalue weighted by molar-refractivity contribution is 5.92. The van der Waals surface area contributed by atoms with Gasteiger partial charge in [-0.1, -0.05) is 0 Å². The molecule has 1 amide bonds. The summed E-state index contributed by atoms with van der Waals surface area (Å²) >= 11 is 0. The van der Waals surface area contributed by atoms with E-state index in [4.69, 9.17) is 9.15 Å². The lowest BCUT2D eigenvalue weighted by molar-refractivity contribution is -0.149. The van der Waals surface area contributed by atoms with E-state index in [1.807, 2.05) is 0 Å². The molecule has 1 saturated heterocycles. The van der Waals surface area contributed by atoms with Crippen LogP contribution in [-0.2, 0) is 9.53 Å². The van der Waals surface area contributed by atoms with Crippen molar-refractivity contribution in [3.8, 4) is 0 Å². The van der Waals surface area contributed by atoms with Gasteiger partial charge in [-0.05, 0) is 26.7 Å². The standard InChI is InChI=1S/C13H18N2O4/c1-3-18-13(17)10-5-4-6-15(7-10)12(16)11-9(2)14-8-19-11/h8,10H,3-7H2,1-2H3/t10-/m0/s1. The summed E-state index contributed by atoms with van der Waals surface area (Å²) < 4.78 is 10.1. The summed E-state index contributed by atoms with van der Waals surface area (Å²) in [6, 6.07) is 0. The molecule has 6 heteroatoms. The summed E-state index contributed by atoms with van der Waals surface area (Å²) in [5, 5.41) is 0. The average molecular weight is 266 g/mol. The number of amides is 1. The van der Waals surface area contributed by atoms with Crippen LogP contribution in [0.3, 0.4) is 0 Å². The van der Waals surface area contributed by atoms with Crippen LogP contribution in [0.4, 0.5) is 0 Å². The SMILES string of the molecule is CCOC(=O)[C@H]1CCCN(C(=O)c2ocnc2C)C1. The smallest absolute Gasteiger partial charge is 0.310 e. The summed E-state index contributed by atoms with van der Waals surface area (Å²) in [6.45, 7) is 4.89. The number of nitrogens with zero attached hydrogens (tertiary/aromatic N) is 2. The molecule has 0 bridgehead atoms. The van der Waals surface area contributed by atoms with E-state index >= 15 is 0 Å². The first kappa shape index (κ1) is 13.6. The second-order valence-corrected chi connectivity index (χ2v) is 4.61. The molecule has 1 aromatic heterocycles. The Balaban J connectivity index is 2.03. The second kappa shape index (κ2) is 5.86. The summed E-state index contributed by atoms with van der Waals surface area (Å²) in [7, 11) is 0. The normalized spacial score (nSPS) is 19.3. The fraction of sp³-hybridized carbons (Fsp3) is 0.615. The van der Waals surface area contributed by atoms with Crippen molar-refractivity contribution in [1.82, 2.24) is 9.88 Å². The summed E-state index contributed by atoms with van der Waals surface area (Å²) in [5.74, 6) is -0.413. The van der Waals surface area contributed by atoms with E-state index in [0.717, 1.165) is 12.8 Å². The van der Waals surface area contributed by atoms with E-state index in [1.165, 1.54) is 6.39 Å². The van der Waals surface area contributed by atoms with Crippen molar-refractivity contribution in [1.29, 1.82) is 0 Å². The van der Waals surface area contributed by atoms with Gasteiger partial charge in [-0.15, -0.1) is 0 Å². The Morgan fingerprint density at radius 2 is 2.37 bits per heavy atom. The largest absolute Gasteiger partial charge is 0.466 e. The molecule has 2 rings (SSSR count). The number of aryl methyl sites for hydroxylation is 1. The van der Waals surface area contributed by atoms with Gasteiger partial charge in [-0.2, -0.15) is 0 Å². The maximum Gasteiger partial charge on any atom is 0.310 e. The predicted molar refractivity (Wildman–Crippen MR) is 66.5 cm³/mol. The van der Waals surface area contributed by atoms with Crippen LogP contribution in [0.15, 0.2) is 10.8 Å². The van der Waals surface area contributed by atoms with Crippen LogP contribution >= 0.6 is 0 Å². The molecule has 2 heterocycles. The first-order chi connectivity index (χ1) is 9.13. The van der Waals surface area contributed by atoms with Crippen LogP contribution in [-0.4, -0.2) is 41.5 Å². The van der Waals surface area contributed by atoms with Gasteiger partial charge in [-0.25, -0.2) is 4.98 Å². The van der Waals surface area contributed by atoms with Gasteiger partial charge < -0.3 is 14.1 Å². The number of esters is 1. The van der Waals surface area contributed by atoms with E-state index in [1.54, 1.807) is 18.7 Å². The van der Waals surface area contributed by atoms with Gasteiger partial charge in [0.25, 0.3) is 5.91 Å². The Hall–Kier alpha value is -1.85. The first-order valence-electron chi connectivity index (χ1n) is 6.49. The molecule has 1 atom stereocenters. The van der Waals surface area contributed by atoms with Crippen molar-refractivity contribution >= 4 is 11.9 Å². The summed E-state index contributed by atoms with van der Waals surface area (Å²) in [5.41, 5.74) is 0.572. The number of hydrogen-bond donors (Lipinski definition) is 0. The Morgan fingerprint density at radius 3 is 3.00 bits per heavy atom. The molecule has 1 aromatic rings. The predicted octanol–water partition coefficient (Wildman–Crippen LogP) is 1.40. The minimum atomic E-state index is -0.235. The minimum absolute atomic E-state index is 0.205.